The van der Waals surface area contributed by atoms with E-state index in [1.807, 2.05) is 0 Å². The summed E-state index contributed by atoms with van der Waals surface area (Å²) >= 11 is 0. The fourth-order valence-electron chi connectivity index (χ4n) is 0.871. The Balaban J connectivity index is 0. The number of carboxylic acids is 1. The fourth-order valence-corrected chi connectivity index (χ4v) is 0.871. The molecule has 7 heteroatoms. The van der Waals surface area contributed by atoms with E-state index in [1.54, 1.807) is 0 Å². The molecule has 1 aromatic rings. The molecule has 0 saturated carbocycles. The molecule has 0 unspecified atom stereocenters. The van der Waals surface area contributed by atoms with Crippen LogP contribution in [0.2, 0.25) is 0 Å². The summed E-state index contributed by atoms with van der Waals surface area (Å²) in [4.78, 5) is 10.4. The van der Waals surface area contributed by atoms with Gasteiger partial charge in [0.1, 0.15) is 5.82 Å². The van der Waals surface area contributed by atoms with Gasteiger partial charge in [-0.25, -0.2) is 9.18 Å². The number of benzene rings is 1. The van der Waals surface area contributed by atoms with Crippen LogP contribution in [0.1, 0.15) is 12.5 Å². The molecule has 0 fully saturated rings. The summed E-state index contributed by atoms with van der Waals surface area (Å²) in [6, 6.07) is 5.64. The van der Waals surface area contributed by atoms with Gasteiger partial charge in [-0.2, -0.15) is 0 Å². The summed E-state index contributed by atoms with van der Waals surface area (Å²) < 4.78 is 12.4. The monoisotopic (exact) mass is 275 g/mol. The predicted molar refractivity (Wildman–Crippen MR) is 71.0 cm³/mol. The van der Waals surface area contributed by atoms with Crippen LogP contribution in [0.4, 0.5) is 4.39 Å². The van der Waals surface area contributed by atoms with E-state index in [2.05, 4.69) is 11.5 Å². The summed E-state index contributed by atoms with van der Waals surface area (Å²) in [7, 11) is 0. The second-order valence-corrected chi connectivity index (χ2v) is 3.14. The van der Waals surface area contributed by atoms with Crippen molar-refractivity contribution >= 4 is 30.4 Å². The van der Waals surface area contributed by atoms with Crippen molar-refractivity contribution in [1.29, 1.82) is 5.41 Å². The van der Waals surface area contributed by atoms with Gasteiger partial charge in [-0.1, -0.05) is 12.1 Å². The zero-order valence-electron chi connectivity index (χ0n) is 9.68. The maximum absolute atomic E-state index is 12.4. The van der Waals surface area contributed by atoms with E-state index >= 15 is 0 Å². The minimum absolute atomic E-state index is 0. The van der Waals surface area contributed by atoms with Gasteiger partial charge >= 0.3 is 5.97 Å². The van der Waals surface area contributed by atoms with Gasteiger partial charge in [-0.3, -0.25) is 5.41 Å². The molecule has 100 valence electrons. The number of halogens is 2. The Morgan fingerprint density at radius 3 is 2.06 bits per heavy atom. The molecule has 1 aromatic carbocycles. The second kappa shape index (κ2) is 9.00. The summed E-state index contributed by atoms with van der Waals surface area (Å²) in [5.41, 5.74) is 9.85. The lowest BCUT2D eigenvalue weighted by Crippen LogP contribution is -2.20. The van der Waals surface area contributed by atoms with Crippen LogP contribution in [0, 0.1) is 11.2 Å². The van der Waals surface area contributed by atoms with E-state index < -0.39 is 5.97 Å². The summed E-state index contributed by atoms with van der Waals surface area (Å²) in [5.74, 6) is -1.63. The Morgan fingerprint density at radius 1 is 1.33 bits per heavy atom. The third-order valence-corrected chi connectivity index (χ3v) is 1.59. The number of aliphatic carboxylic acids is 1. The molecule has 0 heterocycles. The largest absolute Gasteiger partial charge is 0.478 e. The van der Waals surface area contributed by atoms with Crippen molar-refractivity contribution in [1.82, 2.24) is 0 Å². The number of carboxylic acid groups (broad SMARTS) is 1. The first-order valence-corrected chi connectivity index (χ1v) is 4.59. The highest BCUT2D eigenvalue weighted by molar-refractivity contribution is 5.91. The highest BCUT2D eigenvalue weighted by atomic mass is 35.5. The topological polar surface area (TPSA) is 113 Å². The Labute approximate surface area is 110 Å². The molecule has 0 spiro atoms. The van der Waals surface area contributed by atoms with Crippen LogP contribution < -0.4 is 11.5 Å². The van der Waals surface area contributed by atoms with Crippen LogP contribution in [-0.4, -0.2) is 17.0 Å². The molecular formula is C11H15ClFN3O2. The van der Waals surface area contributed by atoms with Crippen molar-refractivity contribution in [2.45, 2.75) is 6.92 Å². The number of nitrogens with one attached hydrogen (secondary N) is 1. The molecule has 1 rings (SSSR count). The van der Waals surface area contributed by atoms with Crippen molar-refractivity contribution in [3.8, 4) is 0 Å². The maximum Gasteiger partial charge on any atom is 0.331 e. The van der Waals surface area contributed by atoms with Crippen LogP contribution in [0.25, 0.3) is 6.08 Å². The lowest BCUT2D eigenvalue weighted by Gasteiger charge is -1.94. The van der Waals surface area contributed by atoms with Crippen molar-refractivity contribution in [2.75, 3.05) is 0 Å². The highest BCUT2D eigenvalue weighted by Gasteiger charge is 1.99. The van der Waals surface area contributed by atoms with Crippen LogP contribution in [0.15, 0.2) is 29.8 Å². The van der Waals surface area contributed by atoms with E-state index in [-0.39, 0.29) is 29.8 Å². The van der Waals surface area contributed by atoms with Gasteiger partial charge in [-0.05, 0) is 30.7 Å². The minimum Gasteiger partial charge on any atom is -0.478 e. The Kier molecular flexibility index (Phi) is 9.15. The van der Waals surface area contributed by atoms with Gasteiger partial charge in [0.25, 0.3) is 0 Å². The van der Waals surface area contributed by atoms with E-state index in [4.69, 9.17) is 10.5 Å². The van der Waals surface area contributed by atoms with E-state index in [1.165, 1.54) is 37.3 Å². The van der Waals surface area contributed by atoms with Crippen molar-refractivity contribution in [3.63, 3.8) is 0 Å². The van der Waals surface area contributed by atoms with Gasteiger partial charge in [0, 0.05) is 5.57 Å². The summed E-state index contributed by atoms with van der Waals surface area (Å²) in [6.45, 7) is 1.49. The average molecular weight is 276 g/mol. The first-order valence-electron chi connectivity index (χ1n) is 4.59. The molecule has 0 aliphatic carbocycles. The molecule has 0 amide bonds. The third-order valence-electron chi connectivity index (χ3n) is 1.59. The predicted octanol–water partition coefficient (Wildman–Crippen LogP) is 1.57. The van der Waals surface area contributed by atoms with Gasteiger partial charge in [0.05, 0.1) is 0 Å². The zero-order valence-corrected chi connectivity index (χ0v) is 10.5. The van der Waals surface area contributed by atoms with Crippen LogP contribution in [0.5, 0.6) is 0 Å². The number of guanidine groups is 1. The lowest BCUT2D eigenvalue weighted by molar-refractivity contribution is -0.132. The Morgan fingerprint density at radius 2 is 1.72 bits per heavy atom. The molecule has 0 aliphatic heterocycles. The van der Waals surface area contributed by atoms with Crippen molar-refractivity contribution in [3.05, 3.63) is 41.2 Å². The highest BCUT2D eigenvalue weighted by Crippen LogP contribution is 2.07. The third kappa shape index (κ3) is 9.17. The van der Waals surface area contributed by atoms with Gasteiger partial charge < -0.3 is 16.6 Å². The van der Waals surface area contributed by atoms with E-state index in [9.17, 15) is 9.18 Å². The van der Waals surface area contributed by atoms with Gasteiger partial charge in [0.15, 0.2) is 5.96 Å². The average Bonchev–Trinajstić information content (AvgIpc) is 2.20. The molecule has 0 radical (unpaired) electrons. The molecule has 0 atom stereocenters. The molecular weight excluding hydrogens is 261 g/mol. The summed E-state index contributed by atoms with van der Waals surface area (Å²) in [5, 5.41) is 14.6. The number of rotatable bonds is 2. The molecule has 0 aliphatic rings. The van der Waals surface area contributed by atoms with Crippen molar-refractivity contribution < 1.29 is 14.3 Å². The molecule has 0 bridgehead atoms. The van der Waals surface area contributed by atoms with E-state index in [0.29, 0.717) is 5.56 Å². The first kappa shape index (κ1) is 18.3. The van der Waals surface area contributed by atoms with Crippen LogP contribution >= 0.6 is 12.4 Å². The summed E-state index contributed by atoms with van der Waals surface area (Å²) in [6.07, 6.45) is 1.49. The normalized spacial score (nSPS) is 9.56. The number of hydrogen-bond acceptors (Lipinski definition) is 2. The molecule has 6 N–H and O–H groups in total. The quantitative estimate of drug-likeness (QED) is 0.373. The maximum atomic E-state index is 12.4. The number of nitrogens with two attached hydrogens (primary N) is 2. The Bertz CT molecular complexity index is 428. The van der Waals surface area contributed by atoms with Gasteiger partial charge in [0.2, 0.25) is 0 Å². The minimum atomic E-state index is -0.968. The second-order valence-electron chi connectivity index (χ2n) is 3.14. The molecule has 5 nitrogen and oxygen atoms in total. The smallest absolute Gasteiger partial charge is 0.331 e. The molecule has 0 aromatic heterocycles. The molecule has 18 heavy (non-hydrogen) atoms. The standard InChI is InChI=1S/C10H9FO2.CH5N3.ClH/c1-7(10(12)13)6-8-2-4-9(11)5-3-8;2-1(3)4;/h2-6H,1H3,(H,12,13);(H5,2,3,4);1H. The van der Waals surface area contributed by atoms with Crippen LogP contribution in [0.3, 0.4) is 0 Å². The SMILES string of the molecule is CC(=Cc1ccc(F)cc1)C(=O)O.Cl.N=C(N)N. The van der Waals surface area contributed by atoms with Crippen molar-refractivity contribution in [2.24, 2.45) is 11.5 Å². The number of hydrogen-bond donors (Lipinski definition) is 4. The Hall–Kier alpha value is -2.08. The number of carbonyl (C=O) groups is 1. The zero-order chi connectivity index (χ0) is 13.4. The first-order chi connectivity index (χ1) is 7.82. The van der Waals surface area contributed by atoms with Gasteiger partial charge in [-0.15, -0.1) is 12.4 Å². The molecule has 0 saturated heterocycles. The fraction of sp³-hybridized carbons (Fsp3) is 0.0909. The van der Waals surface area contributed by atoms with E-state index in [0.717, 1.165) is 0 Å². The van der Waals surface area contributed by atoms with Crippen LogP contribution in [-0.2, 0) is 4.79 Å². The lowest BCUT2D eigenvalue weighted by atomic mass is 10.1.